The Morgan fingerprint density at radius 3 is 2.53 bits per heavy atom. The topological polar surface area (TPSA) is 25.8 Å². The van der Waals surface area contributed by atoms with E-state index in [1.165, 1.54) is 12.1 Å². The van der Waals surface area contributed by atoms with Crippen LogP contribution in [0.5, 0.6) is 0 Å². The van der Waals surface area contributed by atoms with Gasteiger partial charge in [0.2, 0.25) is 0 Å². The van der Waals surface area contributed by atoms with Gasteiger partial charge in [-0.2, -0.15) is 0 Å². The van der Waals surface area contributed by atoms with Crippen molar-refractivity contribution >= 4 is 11.0 Å². The molecule has 0 radical (unpaired) electrons. The predicted octanol–water partition coefficient (Wildman–Crippen LogP) is 3.44. The van der Waals surface area contributed by atoms with Gasteiger partial charge in [0.1, 0.15) is 5.82 Å². The van der Waals surface area contributed by atoms with E-state index in [2.05, 4.69) is 9.97 Å². The molecule has 82 valence electrons. The second-order valence-electron chi connectivity index (χ2n) is 3.75. The Morgan fingerprint density at radius 1 is 0.882 bits per heavy atom. The summed E-state index contributed by atoms with van der Waals surface area (Å²) in [6.07, 6.45) is 1.71. The van der Waals surface area contributed by atoms with Gasteiger partial charge < -0.3 is 0 Å². The van der Waals surface area contributed by atoms with Crippen LogP contribution < -0.4 is 0 Å². The van der Waals surface area contributed by atoms with Crippen molar-refractivity contribution in [3.05, 3.63) is 60.5 Å². The molecule has 0 bridgehead atoms. The second kappa shape index (κ2) is 3.94. The number of hydrogen-bond donors (Lipinski definition) is 0. The van der Waals surface area contributed by atoms with Crippen molar-refractivity contribution in [2.45, 2.75) is 0 Å². The van der Waals surface area contributed by atoms with Crippen LogP contribution in [0.15, 0.2) is 54.7 Å². The number of pyridine rings is 2. The van der Waals surface area contributed by atoms with Crippen molar-refractivity contribution in [2.24, 2.45) is 0 Å². The lowest BCUT2D eigenvalue weighted by atomic mass is 10.1. The average Bonchev–Trinajstić information content (AvgIpc) is 2.39. The zero-order valence-corrected chi connectivity index (χ0v) is 8.97. The monoisotopic (exact) mass is 224 g/mol. The minimum Gasteiger partial charge on any atom is -0.237 e. The fourth-order valence-corrected chi connectivity index (χ4v) is 1.73. The number of hydrogen-bond acceptors (Lipinski definition) is 2. The molecule has 2 nitrogen and oxygen atoms in total. The van der Waals surface area contributed by atoms with Gasteiger partial charge in [0.15, 0.2) is 5.65 Å². The quantitative estimate of drug-likeness (QED) is 0.632. The Bertz CT molecular complexity index is 662. The van der Waals surface area contributed by atoms with Gasteiger partial charge in [-0.05, 0) is 48.5 Å². The lowest BCUT2D eigenvalue weighted by molar-refractivity contribution is 0.628. The highest BCUT2D eigenvalue weighted by Gasteiger charge is 2.01. The van der Waals surface area contributed by atoms with Crippen molar-refractivity contribution in [2.75, 3.05) is 0 Å². The molecule has 0 amide bonds. The SMILES string of the molecule is Fc1ccc(-c2ccc3cccnc3n2)cc1. The summed E-state index contributed by atoms with van der Waals surface area (Å²) < 4.78 is 12.8. The number of nitrogens with zero attached hydrogens (tertiary/aromatic N) is 2. The number of rotatable bonds is 1. The van der Waals surface area contributed by atoms with Crippen LogP contribution in [0, 0.1) is 5.82 Å². The Labute approximate surface area is 97.8 Å². The van der Waals surface area contributed by atoms with Crippen LogP contribution in [-0.2, 0) is 0 Å². The van der Waals surface area contributed by atoms with Crippen LogP contribution in [-0.4, -0.2) is 9.97 Å². The van der Waals surface area contributed by atoms with E-state index in [-0.39, 0.29) is 5.82 Å². The largest absolute Gasteiger partial charge is 0.237 e. The van der Waals surface area contributed by atoms with E-state index < -0.39 is 0 Å². The summed E-state index contributed by atoms with van der Waals surface area (Å²) in [6.45, 7) is 0. The van der Waals surface area contributed by atoms with Gasteiger partial charge in [0, 0.05) is 17.1 Å². The Balaban J connectivity index is 2.14. The Hall–Kier alpha value is -2.29. The Kier molecular flexibility index (Phi) is 2.29. The average molecular weight is 224 g/mol. The summed E-state index contributed by atoms with van der Waals surface area (Å²) in [5.41, 5.74) is 2.39. The van der Waals surface area contributed by atoms with Crippen LogP contribution in [0.4, 0.5) is 4.39 Å². The molecule has 0 fully saturated rings. The molecule has 2 heterocycles. The molecule has 0 saturated heterocycles. The van der Waals surface area contributed by atoms with E-state index in [1.807, 2.05) is 24.3 Å². The summed E-state index contributed by atoms with van der Waals surface area (Å²) in [5, 5.41) is 0.998. The normalized spacial score (nSPS) is 10.6. The van der Waals surface area contributed by atoms with E-state index >= 15 is 0 Å². The van der Waals surface area contributed by atoms with Gasteiger partial charge in [-0.3, -0.25) is 0 Å². The van der Waals surface area contributed by atoms with E-state index in [0.717, 1.165) is 16.6 Å². The molecule has 0 atom stereocenters. The molecule has 0 aliphatic rings. The van der Waals surface area contributed by atoms with Crippen LogP contribution >= 0.6 is 0 Å². The Morgan fingerprint density at radius 2 is 1.71 bits per heavy atom. The number of fused-ring (bicyclic) bond motifs is 1. The van der Waals surface area contributed by atoms with E-state index in [4.69, 9.17) is 0 Å². The van der Waals surface area contributed by atoms with Gasteiger partial charge >= 0.3 is 0 Å². The first-order valence-electron chi connectivity index (χ1n) is 5.31. The first-order valence-corrected chi connectivity index (χ1v) is 5.31. The molecule has 3 heteroatoms. The van der Waals surface area contributed by atoms with Gasteiger partial charge in [-0.25, -0.2) is 14.4 Å². The maximum absolute atomic E-state index is 12.8. The van der Waals surface area contributed by atoms with Crippen LogP contribution in [0.25, 0.3) is 22.3 Å². The molecule has 0 saturated carbocycles. The molecule has 2 aromatic heterocycles. The fraction of sp³-hybridized carbons (Fsp3) is 0. The minimum atomic E-state index is -0.243. The lowest BCUT2D eigenvalue weighted by Crippen LogP contribution is -1.87. The molecule has 1 aromatic carbocycles. The first-order chi connectivity index (χ1) is 8.33. The molecular formula is C14H9FN2. The van der Waals surface area contributed by atoms with Crippen LogP contribution in [0.2, 0.25) is 0 Å². The van der Waals surface area contributed by atoms with Gasteiger partial charge in [-0.15, -0.1) is 0 Å². The lowest BCUT2D eigenvalue weighted by Gasteiger charge is -2.02. The smallest absolute Gasteiger partial charge is 0.159 e. The molecule has 0 unspecified atom stereocenters. The third-order valence-corrected chi connectivity index (χ3v) is 2.60. The number of halogens is 1. The second-order valence-corrected chi connectivity index (χ2v) is 3.75. The highest BCUT2D eigenvalue weighted by molar-refractivity contribution is 5.77. The summed E-state index contributed by atoms with van der Waals surface area (Å²) in [5.74, 6) is -0.243. The first kappa shape index (κ1) is 9.90. The summed E-state index contributed by atoms with van der Waals surface area (Å²) >= 11 is 0. The molecule has 3 rings (SSSR count). The fourth-order valence-electron chi connectivity index (χ4n) is 1.73. The minimum absolute atomic E-state index is 0.243. The van der Waals surface area contributed by atoms with E-state index in [0.29, 0.717) is 5.65 Å². The highest BCUT2D eigenvalue weighted by Crippen LogP contribution is 2.19. The summed E-state index contributed by atoms with van der Waals surface area (Å²) in [4.78, 5) is 8.64. The molecule has 17 heavy (non-hydrogen) atoms. The van der Waals surface area contributed by atoms with E-state index in [1.54, 1.807) is 18.3 Å². The van der Waals surface area contributed by atoms with Crippen molar-refractivity contribution in [1.29, 1.82) is 0 Å². The van der Waals surface area contributed by atoms with Gasteiger partial charge in [0.25, 0.3) is 0 Å². The molecular weight excluding hydrogens is 215 g/mol. The predicted molar refractivity (Wildman–Crippen MR) is 64.9 cm³/mol. The van der Waals surface area contributed by atoms with Gasteiger partial charge in [-0.1, -0.05) is 0 Å². The zero-order valence-electron chi connectivity index (χ0n) is 8.97. The zero-order chi connectivity index (χ0) is 11.7. The summed E-state index contributed by atoms with van der Waals surface area (Å²) in [7, 11) is 0. The third kappa shape index (κ3) is 1.87. The molecule has 0 aliphatic carbocycles. The van der Waals surface area contributed by atoms with E-state index in [9.17, 15) is 4.39 Å². The van der Waals surface area contributed by atoms with Crippen LogP contribution in [0.3, 0.4) is 0 Å². The van der Waals surface area contributed by atoms with Crippen molar-refractivity contribution < 1.29 is 4.39 Å². The van der Waals surface area contributed by atoms with Crippen molar-refractivity contribution in [1.82, 2.24) is 9.97 Å². The summed E-state index contributed by atoms with van der Waals surface area (Å²) in [6, 6.07) is 14.0. The standard InChI is InChI=1S/C14H9FN2/c15-12-6-3-10(4-7-12)13-8-5-11-2-1-9-16-14(11)17-13/h1-9H. The highest BCUT2D eigenvalue weighted by atomic mass is 19.1. The maximum Gasteiger partial charge on any atom is 0.159 e. The number of aromatic nitrogens is 2. The molecule has 0 spiro atoms. The third-order valence-electron chi connectivity index (χ3n) is 2.60. The molecule has 0 N–H and O–H groups in total. The molecule has 0 aliphatic heterocycles. The van der Waals surface area contributed by atoms with Crippen molar-refractivity contribution in [3.63, 3.8) is 0 Å². The number of benzene rings is 1. The van der Waals surface area contributed by atoms with Gasteiger partial charge in [0.05, 0.1) is 5.69 Å². The molecule has 3 aromatic rings. The van der Waals surface area contributed by atoms with Crippen molar-refractivity contribution in [3.8, 4) is 11.3 Å². The van der Waals surface area contributed by atoms with Crippen LogP contribution in [0.1, 0.15) is 0 Å². The maximum atomic E-state index is 12.8.